The maximum Gasteiger partial charge on any atom is 1.00 e. The monoisotopic (exact) mass is 395 g/mol. The van der Waals surface area contributed by atoms with Crippen LogP contribution in [0, 0.1) is 0 Å². The van der Waals surface area contributed by atoms with Crippen LogP contribution in [0.1, 0.15) is 48.3 Å². The van der Waals surface area contributed by atoms with Crippen molar-refractivity contribution < 1.29 is 55.2 Å². The molecule has 0 spiro atoms. The molecule has 9 heteroatoms. The maximum absolute atomic E-state index is 12.6. The first-order valence-corrected chi connectivity index (χ1v) is 8.44. The molecule has 0 amide bonds. The Balaban J connectivity index is 0.00000210. The number of carboxylic acid groups (broad SMARTS) is 2. The molecule has 2 aromatic heterocycles. The Labute approximate surface area is 182 Å². The van der Waals surface area contributed by atoms with Crippen molar-refractivity contribution in [2.45, 2.75) is 33.2 Å². The first kappa shape index (κ1) is 21.9. The van der Waals surface area contributed by atoms with E-state index in [-0.39, 0.29) is 59.6 Å². The molecule has 28 heavy (non-hydrogen) atoms. The Bertz CT molecular complexity index is 1230. The summed E-state index contributed by atoms with van der Waals surface area (Å²) in [6, 6.07) is 3.25. The van der Waals surface area contributed by atoms with Crippen LogP contribution < -0.4 is 40.4 Å². The molecule has 0 aliphatic heterocycles. The summed E-state index contributed by atoms with van der Waals surface area (Å²) in [6.45, 7) is 3.88. The maximum atomic E-state index is 12.6. The zero-order chi connectivity index (χ0) is 19.9. The van der Waals surface area contributed by atoms with Gasteiger partial charge in [-0.1, -0.05) is 13.3 Å². The molecule has 0 atom stereocenters. The van der Waals surface area contributed by atoms with Gasteiger partial charge in [-0.3, -0.25) is 9.59 Å². The molecular formula is C19H18NNaO7. The van der Waals surface area contributed by atoms with E-state index in [1.54, 1.807) is 6.92 Å². The van der Waals surface area contributed by atoms with Crippen molar-refractivity contribution in [2.75, 3.05) is 0 Å². The van der Waals surface area contributed by atoms with Crippen molar-refractivity contribution in [1.82, 2.24) is 4.57 Å². The molecule has 2 N–H and O–H groups in total. The number of hydrogen-bond acceptors (Lipinski definition) is 5. The van der Waals surface area contributed by atoms with E-state index in [4.69, 9.17) is 4.42 Å². The van der Waals surface area contributed by atoms with Gasteiger partial charge in [0.15, 0.2) is 10.9 Å². The normalized spacial score (nSPS) is 10.8. The number of benzene rings is 1. The average molecular weight is 395 g/mol. The number of carbonyl (C=O) groups is 2. The minimum atomic E-state index is -1.39. The van der Waals surface area contributed by atoms with E-state index in [0.717, 1.165) is 12.1 Å². The standard InChI is InChI=1S/C19H17NO7.Na.H/c1-3-5-9-16-10(13(21)7-12(18(23)24)20(16)4-2)6-11-14(22)8-15(19(25)26)27-17(9)11;;/h6-8H,3-5H2,1-2H3,(H,23,24)(H,25,26);;/q;+1;-1. The Hall–Kier alpha value is -2.42. The number of rotatable bonds is 5. The van der Waals surface area contributed by atoms with E-state index in [9.17, 15) is 29.4 Å². The summed E-state index contributed by atoms with van der Waals surface area (Å²) in [6.07, 6.45) is 0.993. The van der Waals surface area contributed by atoms with Crippen LogP contribution in [0.5, 0.6) is 0 Å². The van der Waals surface area contributed by atoms with Crippen molar-refractivity contribution in [2.24, 2.45) is 0 Å². The van der Waals surface area contributed by atoms with Gasteiger partial charge in [-0.05, 0) is 19.4 Å². The molecule has 0 aliphatic carbocycles. The third-order valence-electron chi connectivity index (χ3n) is 4.43. The van der Waals surface area contributed by atoms with Gasteiger partial charge < -0.3 is 20.6 Å². The van der Waals surface area contributed by atoms with Gasteiger partial charge in [0.2, 0.25) is 5.76 Å². The van der Waals surface area contributed by atoms with E-state index in [1.807, 2.05) is 6.92 Å². The number of pyridine rings is 1. The summed E-state index contributed by atoms with van der Waals surface area (Å²) >= 11 is 0. The fraction of sp³-hybridized carbons (Fsp3) is 0.263. The van der Waals surface area contributed by atoms with E-state index < -0.39 is 28.6 Å². The minimum Gasteiger partial charge on any atom is -1.00 e. The van der Waals surface area contributed by atoms with Crippen LogP contribution >= 0.6 is 0 Å². The molecule has 142 valence electrons. The van der Waals surface area contributed by atoms with Gasteiger partial charge in [-0.2, -0.15) is 0 Å². The van der Waals surface area contributed by atoms with Gasteiger partial charge in [-0.15, -0.1) is 0 Å². The van der Waals surface area contributed by atoms with E-state index in [0.29, 0.717) is 23.9 Å². The Kier molecular flexibility index (Phi) is 6.48. The predicted octanol–water partition coefficient (Wildman–Crippen LogP) is -0.407. The summed E-state index contributed by atoms with van der Waals surface area (Å²) in [5.41, 5.74) is -0.401. The average Bonchev–Trinajstić information content (AvgIpc) is 2.62. The molecule has 0 radical (unpaired) electrons. The van der Waals surface area contributed by atoms with Crippen molar-refractivity contribution in [3.05, 3.63) is 55.7 Å². The Morgan fingerprint density at radius 2 is 1.68 bits per heavy atom. The summed E-state index contributed by atoms with van der Waals surface area (Å²) in [5, 5.41) is 19.0. The number of aromatic carboxylic acids is 2. The fourth-order valence-corrected chi connectivity index (χ4v) is 3.34. The molecule has 0 fully saturated rings. The molecular weight excluding hydrogens is 377 g/mol. The van der Waals surface area contributed by atoms with Gasteiger partial charge in [0.05, 0.1) is 10.9 Å². The first-order chi connectivity index (χ1) is 12.8. The van der Waals surface area contributed by atoms with Gasteiger partial charge in [0, 0.05) is 29.6 Å². The summed E-state index contributed by atoms with van der Waals surface area (Å²) in [7, 11) is 0. The predicted molar refractivity (Wildman–Crippen MR) is 98.9 cm³/mol. The van der Waals surface area contributed by atoms with Gasteiger partial charge >= 0.3 is 41.5 Å². The molecule has 0 aliphatic rings. The van der Waals surface area contributed by atoms with Crippen molar-refractivity contribution >= 4 is 33.8 Å². The number of aryl methyl sites for hydroxylation is 2. The van der Waals surface area contributed by atoms with Gasteiger partial charge in [0.25, 0.3) is 0 Å². The quantitative estimate of drug-likeness (QED) is 0.444. The molecule has 0 unspecified atom stereocenters. The van der Waals surface area contributed by atoms with Crippen LogP contribution in [-0.2, 0) is 13.0 Å². The zero-order valence-electron chi connectivity index (χ0n) is 16.7. The Morgan fingerprint density at radius 3 is 2.21 bits per heavy atom. The van der Waals surface area contributed by atoms with Gasteiger partial charge in [-0.25, -0.2) is 9.59 Å². The van der Waals surface area contributed by atoms with Crippen molar-refractivity contribution in [3.63, 3.8) is 0 Å². The summed E-state index contributed by atoms with van der Waals surface area (Å²) in [5.74, 6) is -3.15. The number of aromatic nitrogens is 1. The Morgan fingerprint density at radius 1 is 1.04 bits per heavy atom. The van der Waals surface area contributed by atoms with Gasteiger partial charge in [0.1, 0.15) is 11.3 Å². The number of fused-ring (bicyclic) bond motifs is 2. The number of carboxylic acids is 2. The molecule has 0 saturated heterocycles. The van der Waals surface area contributed by atoms with Crippen molar-refractivity contribution in [3.8, 4) is 0 Å². The third kappa shape index (κ3) is 3.50. The number of nitrogens with zero attached hydrogens (tertiary/aromatic N) is 1. The summed E-state index contributed by atoms with van der Waals surface area (Å²) in [4.78, 5) is 47.9. The van der Waals surface area contributed by atoms with E-state index >= 15 is 0 Å². The number of hydrogen-bond donors (Lipinski definition) is 2. The second-order valence-corrected chi connectivity index (χ2v) is 6.10. The van der Waals surface area contributed by atoms with Crippen LogP contribution in [-0.4, -0.2) is 26.7 Å². The molecule has 3 aromatic rings. The molecule has 0 saturated carbocycles. The van der Waals surface area contributed by atoms with Crippen molar-refractivity contribution in [1.29, 1.82) is 0 Å². The van der Waals surface area contributed by atoms with Crippen LogP contribution in [0.2, 0.25) is 0 Å². The molecule has 1 aromatic carbocycles. The first-order valence-electron chi connectivity index (χ1n) is 8.44. The second-order valence-electron chi connectivity index (χ2n) is 6.10. The van der Waals surface area contributed by atoms with Crippen LogP contribution in [0.15, 0.2) is 32.2 Å². The SMILES string of the molecule is CCCc1c2oc(C(=O)O)cc(=O)c2cc2c(=O)cc(C(=O)O)n(CC)c12.[H-].[Na+]. The van der Waals surface area contributed by atoms with Crippen LogP contribution in [0.25, 0.3) is 21.9 Å². The smallest absolute Gasteiger partial charge is 1.00 e. The van der Waals surface area contributed by atoms with E-state index in [1.165, 1.54) is 10.6 Å². The topological polar surface area (TPSA) is 127 Å². The molecule has 3 rings (SSSR count). The molecule has 8 nitrogen and oxygen atoms in total. The zero-order valence-corrected chi connectivity index (χ0v) is 17.7. The largest absolute Gasteiger partial charge is 1.00 e. The van der Waals surface area contributed by atoms with Crippen LogP contribution in [0.3, 0.4) is 0 Å². The minimum absolute atomic E-state index is 0. The molecule has 0 bridgehead atoms. The fourth-order valence-electron chi connectivity index (χ4n) is 3.34. The molecule has 2 heterocycles. The second kappa shape index (κ2) is 8.30. The summed E-state index contributed by atoms with van der Waals surface area (Å²) < 4.78 is 6.94. The van der Waals surface area contributed by atoms with Crippen LogP contribution in [0.4, 0.5) is 0 Å². The van der Waals surface area contributed by atoms with E-state index in [2.05, 4.69) is 0 Å². The third-order valence-corrected chi connectivity index (χ3v) is 4.43.